The van der Waals surface area contributed by atoms with E-state index in [9.17, 15) is 4.79 Å². The molecule has 0 bridgehead atoms. The largest absolute Gasteiger partial charge is 0.346 e. The molecule has 0 radical (unpaired) electrons. The van der Waals surface area contributed by atoms with E-state index < -0.39 is 0 Å². The van der Waals surface area contributed by atoms with Gasteiger partial charge in [0.05, 0.1) is 5.75 Å². The van der Waals surface area contributed by atoms with Crippen molar-refractivity contribution in [3.8, 4) is 0 Å². The van der Waals surface area contributed by atoms with Gasteiger partial charge in [-0.3, -0.25) is 4.79 Å². The average Bonchev–Trinajstić information content (AvgIpc) is 3.48. The molecule has 0 aliphatic heterocycles. The van der Waals surface area contributed by atoms with Gasteiger partial charge in [0.25, 0.3) is 5.91 Å². The maximum atomic E-state index is 12.3. The number of amides is 1. The summed E-state index contributed by atoms with van der Waals surface area (Å²) in [5.41, 5.74) is 4.57. The Bertz CT molecular complexity index is 1190. The van der Waals surface area contributed by atoms with Crippen molar-refractivity contribution >= 4 is 51.2 Å². The van der Waals surface area contributed by atoms with Gasteiger partial charge in [-0.15, -0.1) is 20.4 Å². The van der Waals surface area contributed by atoms with E-state index in [4.69, 9.17) is 0 Å². The summed E-state index contributed by atoms with van der Waals surface area (Å²) in [4.78, 5) is 12.3. The highest BCUT2D eigenvalue weighted by atomic mass is 32.2. The van der Waals surface area contributed by atoms with Crippen molar-refractivity contribution in [3.05, 3.63) is 75.2 Å². The van der Waals surface area contributed by atoms with Crippen LogP contribution < -0.4 is 10.6 Å². The first-order valence-corrected chi connectivity index (χ1v) is 12.7. The van der Waals surface area contributed by atoms with E-state index in [-0.39, 0.29) is 5.91 Å². The van der Waals surface area contributed by atoms with E-state index >= 15 is 0 Å². The van der Waals surface area contributed by atoms with Gasteiger partial charge in [-0.25, -0.2) is 0 Å². The van der Waals surface area contributed by atoms with E-state index in [0.717, 1.165) is 32.2 Å². The molecule has 2 N–H and O–H groups in total. The van der Waals surface area contributed by atoms with Crippen LogP contribution in [0, 0.1) is 6.92 Å². The Morgan fingerprint density at radius 2 is 1.84 bits per heavy atom. The first-order valence-electron chi connectivity index (χ1n) is 10.1. The van der Waals surface area contributed by atoms with Crippen LogP contribution in [-0.2, 0) is 18.7 Å². The smallest absolute Gasteiger partial charge is 0.282 e. The first-order chi connectivity index (χ1) is 15.6. The molecule has 10 heteroatoms. The topological polar surface area (TPSA) is 92.7 Å². The Morgan fingerprint density at radius 3 is 2.66 bits per heavy atom. The number of rotatable bonds is 9. The predicted octanol–water partition coefficient (Wildman–Crippen LogP) is 5.23. The minimum Gasteiger partial charge on any atom is -0.346 e. The Hall–Kier alpha value is -2.82. The van der Waals surface area contributed by atoms with Gasteiger partial charge in [0.1, 0.15) is 5.01 Å². The van der Waals surface area contributed by atoms with Crippen molar-refractivity contribution in [1.82, 2.24) is 25.7 Å². The van der Waals surface area contributed by atoms with Gasteiger partial charge in [0, 0.05) is 12.2 Å². The molecule has 2 heterocycles. The van der Waals surface area contributed by atoms with Crippen LogP contribution in [-0.4, -0.2) is 26.3 Å². The number of hydrogen-bond donors (Lipinski definition) is 2. The number of para-hydroxylation sites is 1. The zero-order valence-corrected chi connectivity index (χ0v) is 20.1. The third-order valence-electron chi connectivity index (χ3n) is 4.65. The van der Waals surface area contributed by atoms with Gasteiger partial charge in [-0.2, -0.15) is 0 Å². The van der Waals surface area contributed by atoms with Crippen LogP contribution in [0.25, 0.3) is 0 Å². The van der Waals surface area contributed by atoms with Crippen LogP contribution in [0.2, 0.25) is 0 Å². The summed E-state index contributed by atoms with van der Waals surface area (Å²) in [5, 5.41) is 24.9. The number of nitrogens with zero attached hydrogens (tertiary/aromatic N) is 4. The number of hydrogen-bond acceptors (Lipinski definition) is 9. The Balaban J connectivity index is 1.31. The van der Waals surface area contributed by atoms with Crippen LogP contribution in [0.5, 0.6) is 0 Å². The van der Waals surface area contributed by atoms with Crippen LogP contribution in [0.1, 0.15) is 38.4 Å². The van der Waals surface area contributed by atoms with Crippen molar-refractivity contribution < 1.29 is 4.79 Å². The fraction of sp³-hybridized carbons (Fsp3) is 0.227. The highest BCUT2D eigenvalue weighted by molar-refractivity contribution is 8.00. The lowest BCUT2D eigenvalue weighted by molar-refractivity contribution is 0.0950. The quantitative estimate of drug-likeness (QED) is 0.316. The van der Waals surface area contributed by atoms with Crippen molar-refractivity contribution in [2.75, 3.05) is 5.32 Å². The van der Waals surface area contributed by atoms with Crippen LogP contribution in [0.4, 0.5) is 10.8 Å². The van der Waals surface area contributed by atoms with Crippen molar-refractivity contribution in [1.29, 1.82) is 0 Å². The fourth-order valence-electron chi connectivity index (χ4n) is 3.01. The first kappa shape index (κ1) is 22.4. The SMILES string of the molecule is CCc1cccc(C)c1Nc1nnc(SCc2nnc(C(=O)NCc3ccccc3)s2)s1. The summed E-state index contributed by atoms with van der Waals surface area (Å²) in [6.07, 6.45) is 0.947. The molecule has 0 fully saturated rings. The zero-order valence-electron chi connectivity index (χ0n) is 17.7. The minimum absolute atomic E-state index is 0.213. The molecule has 0 unspecified atom stereocenters. The second kappa shape index (κ2) is 10.7. The molecule has 0 aliphatic rings. The molecular formula is C22H22N6OS3. The van der Waals surface area contributed by atoms with E-state index in [1.165, 1.54) is 45.6 Å². The van der Waals surface area contributed by atoms with E-state index in [0.29, 0.717) is 17.3 Å². The molecule has 7 nitrogen and oxygen atoms in total. The molecule has 0 atom stereocenters. The second-order valence-corrected chi connectivity index (χ2v) is 10.2. The van der Waals surface area contributed by atoms with Crippen LogP contribution >= 0.6 is 34.4 Å². The second-order valence-electron chi connectivity index (χ2n) is 6.92. The lowest BCUT2D eigenvalue weighted by atomic mass is 10.1. The Morgan fingerprint density at radius 1 is 1.00 bits per heavy atom. The lowest BCUT2D eigenvalue weighted by Crippen LogP contribution is -2.22. The predicted molar refractivity (Wildman–Crippen MR) is 131 cm³/mol. The fourth-order valence-corrected chi connectivity index (χ4v) is 5.51. The summed E-state index contributed by atoms with van der Waals surface area (Å²) in [7, 11) is 0. The normalized spacial score (nSPS) is 10.8. The van der Waals surface area contributed by atoms with Gasteiger partial charge in [-0.1, -0.05) is 89.9 Å². The number of anilines is 2. The van der Waals surface area contributed by atoms with E-state index in [1.807, 2.05) is 30.3 Å². The Kier molecular flexibility index (Phi) is 7.46. The van der Waals surface area contributed by atoms with Gasteiger partial charge in [0.15, 0.2) is 4.34 Å². The third-order valence-corrected chi connectivity index (χ3v) is 7.74. The molecule has 4 rings (SSSR count). The lowest BCUT2D eigenvalue weighted by Gasteiger charge is -2.11. The maximum absolute atomic E-state index is 12.3. The highest BCUT2D eigenvalue weighted by Gasteiger charge is 2.14. The molecule has 0 spiro atoms. The molecule has 2 aromatic carbocycles. The molecule has 2 aromatic heterocycles. The molecule has 0 aliphatic carbocycles. The minimum atomic E-state index is -0.213. The highest BCUT2D eigenvalue weighted by Crippen LogP contribution is 2.32. The summed E-state index contributed by atoms with van der Waals surface area (Å²) >= 11 is 4.33. The van der Waals surface area contributed by atoms with Gasteiger partial charge in [-0.05, 0) is 30.0 Å². The number of thioether (sulfide) groups is 1. The number of carbonyl (C=O) groups is 1. The number of carbonyl (C=O) groups excluding carboxylic acids is 1. The number of benzene rings is 2. The van der Waals surface area contributed by atoms with Crippen LogP contribution in [0.15, 0.2) is 52.9 Å². The summed E-state index contributed by atoms with van der Waals surface area (Å²) in [5.74, 6) is 0.373. The van der Waals surface area contributed by atoms with Gasteiger partial charge < -0.3 is 10.6 Å². The Labute approximate surface area is 198 Å². The molecule has 1 amide bonds. The van der Waals surface area contributed by atoms with Gasteiger partial charge in [0.2, 0.25) is 10.1 Å². The number of aromatic nitrogens is 4. The molecule has 164 valence electrons. The summed E-state index contributed by atoms with van der Waals surface area (Å²) < 4.78 is 0.837. The summed E-state index contributed by atoms with van der Waals surface area (Å²) in [6.45, 7) is 4.69. The van der Waals surface area contributed by atoms with Gasteiger partial charge >= 0.3 is 0 Å². The zero-order chi connectivity index (χ0) is 22.3. The number of nitrogens with one attached hydrogen (secondary N) is 2. The van der Waals surface area contributed by atoms with E-state index in [2.05, 4.69) is 63.1 Å². The van der Waals surface area contributed by atoms with Crippen molar-refractivity contribution in [2.45, 2.75) is 36.9 Å². The average molecular weight is 483 g/mol. The monoisotopic (exact) mass is 482 g/mol. The molecule has 0 saturated carbocycles. The molecule has 0 saturated heterocycles. The van der Waals surface area contributed by atoms with Crippen molar-refractivity contribution in [3.63, 3.8) is 0 Å². The van der Waals surface area contributed by atoms with Crippen molar-refractivity contribution in [2.24, 2.45) is 0 Å². The standard InChI is InChI=1S/C22H22N6OS3/c1-3-16-11-7-8-14(2)18(16)24-21-27-28-22(32-21)30-13-17-25-26-20(31-17)19(29)23-12-15-9-5-4-6-10-15/h4-11H,3,12-13H2,1-2H3,(H,23,29)(H,24,27). The molecular weight excluding hydrogens is 460 g/mol. The third kappa shape index (κ3) is 5.70. The molecule has 4 aromatic rings. The van der Waals surface area contributed by atoms with Crippen LogP contribution in [0.3, 0.4) is 0 Å². The molecule has 32 heavy (non-hydrogen) atoms. The number of aryl methyl sites for hydroxylation is 2. The van der Waals surface area contributed by atoms with E-state index in [1.54, 1.807) is 0 Å². The summed E-state index contributed by atoms with van der Waals surface area (Å²) in [6, 6.07) is 16.0. The maximum Gasteiger partial charge on any atom is 0.282 e.